The summed E-state index contributed by atoms with van der Waals surface area (Å²) in [4.78, 5) is -0.322. The van der Waals surface area contributed by atoms with E-state index in [0.29, 0.717) is 29.2 Å². The third kappa shape index (κ3) is 2.04. The number of hydrogen-bond acceptors (Lipinski definition) is 3. The molecule has 2 N–H and O–H groups in total. The van der Waals surface area contributed by atoms with Crippen molar-refractivity contribution >= 4 is 10.0 Å². The number of aliphatic hydroxyl groups excluding tert-OH is 1. The summed E-state index contributed by atoms with van der Waals surface area (Å²) in [5.74, 6) is 1.46. The Balaban J connectivity index is 1.55. The first-order valence-corrected chi connectivity index (χ1v) is 8.91. The van der Waals surface area contributed by atoms with Crippen molar-refractivity contribution in [2.24, 2.45) is 23.7 Å². The van der Waals surface area contributed by atoms with Gasteiger partial charge in [-0.2, -0.15) is 0 Å². The fourth-order valence-electron chi connectivity index (χ4n) is 4.59. The second-order valence-electron chi connectivity index (χ2n) is 6.56. The van der Waals surface area contributed by atoms with Gasteiger partial charge >= 0.3 is 0 Å². The zero-order valence-corrected chi connectivity index (χ0v) is 12.3. The summed E-state index contributed by atoms with van der Waals surface area (Å²) < 4.78 is 41.3. The van der Waals surface area contributed by atoms with Gasteiger partial charge in [0.25, 0.3) is 0 Å². The van der Waals surface area contributed by atoms with Gasteiger partial charge in [-0.15, -0.1) is 0 Å². The van der Waals surface area contributed by atoms with Gasteiger partial charge in [0.05, 0.1) is 6.61 Å². The molecule has 0 radical (unpaired) electrons. The Bertz CT molecular complexity index is 674. The summed E-state index contributed by atoms with van der Waals surface area (Å²) in [7, 11) is -3.82. The van der Waals surface area contributed by atoms with Crippen LogP contribution >= 0.6 is 0 Å². The second kappa shape index (κ2) is 4.51. The predicted molar refractivity (Wildman–Crippen MR) is 74.2 cm³/mol. The average molecular weight is 311 g/mol. The molecule has 4 unspecified atom stereocenters. The lowest BCUT2D eigenvalue weighted by Gasteiger charge is -2.12. The Morgan fingerprint density at radius 2 is 1.90 bits per heavy atom. The van der Waals surface area contributed by atoms with Gasteiger partial charge in [-0.1, -0.05) is 6.07 Å². The van der Waals surface area contributed by atoms with Crippen LogP contribution in [-0.4, -0.2) is 19.6 Å². The number of rotatable bonds is 4. The molecule has 0 aliphatic heterocycles. The molecule has 3 saturated carbocycles. The molecule has 0 saturated heterocycles. The van der Waals surface area contributed by atoms with Gasteiger partial charge in [0.2, 0.25) is 10.0 Å². The lowest BCUT2D eigenvalue weighted by Crippen LogP contribution is -2.30. The van der Waals surface area contributed by atoms with Crippen LogP contribution in [0.1, 0.15) is 24.8 Å². The molecule has 3 fully saturated rings. The fourth-order valence-corrected chi connectivity index (χ4v) is 5.95. The van der Waals surface area contributed by atoms with Crippen molar-refractivity contribution < 1.29 is 17.9 Å². The third-order valence-corrected chi connectivity index (χ3v) is 6.99. The quantitative estimate of drug-likeness (QED) is 0.888. The molecule has 0 heterocycles. The van der Waals surface area contributed by atoms with Crippen LogP contribution in [0.4, 0.5) is 4.39 Å². The molecule has 4 nitrogen and oxygen atoms in total. The number of nitrogens with one attached hydrogen (secondary N) is 1. The highest BCUT2D eigenvalue weighted by atomic mass is 32.2. The van der Waals surface area contributed by atoms with Crippen LogP contribution in [0.15, 0.2) is 23.1 Å². The molecule has 0 aromatic heterocycles. The lowest BCUT2D eigenvalue weighted by atomic mass is 10.0. The molecule has 21 heavy (non-hydrogen) atoms. The first kappa shape index (κ1) is 13.7. The Hall–Kier alpha value is -0.980. The van der Waals surface area contributed by atoms with Crippen molar-refractivity contribution in [3.8, 4) is 0 Å². The number of benzene rings is 1. The molecule has 6 heteroatoms. The normalized spacial score (nSPS) is 36.8. The van der Waals surface area contributed by atoms with Crippen LogP contribution in [0.2, 0.25) is 0 Å². The highest BCUT2D eigenvalue weighted by Crippen LogP contribution is 2.65. The molecule has 4 atom stereocenters. The number of hydrogen-bond donors (Lipinski definition) is 2. The van der Waals surface area contributed by atoms with E-state index in [9.17, 15) is 12.8 Å². The van der Waals surface area contributed by atoms with E-state index in [0.717, 1.165) is 6.07 Å². The van der Waals surface area contributed by atoms with Crippen LogP contribution < -0.4 is 4.72 Å². The van der Waals surface area contributed by atoms with Crippen molar-refractivity contribution in [1.82, 2.24) is 4.72 Å². The standard InChI is InChI=1S/C15H18FNO3S/c16-11-5-8(7-18)1-4-12(11)21(19,20)17-15-13-9-2-3-10(6-9)14(13)15/h1,4-5,9-10,13-15,17-18H,2-3,6-7H2. The molecule has 1 aromatic rings. The van der Waals surface area contributed by atoms with E-state index in [1.54, 1.807) is 0 Å². The first-order chi connectivity index (χ1) is 10.0. The number of fused-ring (bicyclic) bond motifs is 5. The maximum atomic E-state index is 13.9. The highest BCUT2D eigenvalue weighted by Gasteiger charge is 2.65. The molecule has 1 aromatic carbocycles. The molecule has 0 amide bonds. The van der Waals surface area contributed by atoms with Crippen molar-refractivity contribution in [2.75, 3.05) is 0 Å². The van der Waals surface area contributed by atoms with Gasteiger partial charge in [0, 0.05) is 6.04 Å². The SMILES string of the molecule is O=S(=O)(NC1C2C3CCC(C3)C12)c1ccc(CO)cc1F. The fraction of sp³-hybridized carbons (Fsp3) is 0.600. The van der Waals surface area contributed by atoms with Crippen molar-refractivity contribution in [1.29, 1.82) is 0 Å². The van der Waals surface area contributed by atoms with Crippen LogP contribution in [0.5, 0.6) is 0 Å². The van der Waals surface area contributed by atoms with E-state index in [1.165, 1.54) is 31.4 Å². The summed E-state index contributed by atoms with van der Waals surface area (Å²) in [6, 6.07) is 3.75. The number of aliphatic hydroxyl groups is 1. The molecule has 114 valence electrons. The van der Waals surface area contributed by atoms with Crippen LogP contribution in [0.3, 0.4) is 0 Å². The van der Waals surface area contributed by atoms with Crippen LogP contribution in [0.25, 0.3) is 0 Å². The smallest absolute Gasteiger partial charge is 0.243 e. The molecule has 3 aliphatic rings. The second-order valence-corrected chi connectivity index (χ2v) is 8.24. The van der Waals surface area contributed by atoms with Crippen molar-refractivity contribution in [3.05, 3.63) is 29.6 Å². The molecule has 4 rings (SSSR count). The molecule has 0 spiro atoms. The van der Waals surface area contributed by atoms with E-state index >= 15 is 0 Å². The van der Waals surface area contributed by atoms with Gasteiger partial charge in [-0.25, -0.2) is 17.5 Å². The molecular formula is C15H18FNO3S. The first-order valence-electron chi connectivity index (χ1n) is 7.43. The average Bonchev–Trinajstić information content (AvgIpc) is 2.85. The summed E-state index contributed by atoms with van der Waals surface area (Å²) in [5.41, 5.74) is 0.368. The largest absolute Gasteiger partial charge is 0.392 e. The Labute approximate surface area is 123 Å². The minimum absolute atomic E-state index is 0.00170. The summed E-state index contributed by atoms with van der Waals surface area (Å²) in [5, 5.41) is 8.95. The van der Waals surface area contributed by atoms with Gasteiger partial charge in [0.15, 0.2) is 0 Å². The van der Waals surface area contributed by atoms with Gasteiger partial charge in [0.1, 0.15) is 10.7 Å². The molecule has 2 bridgehead atoms. The van der Waals surface area contributed by atoms with Crippen molar-refractivity contribution in [3.63, 3.8) is 0 Å². The van der Waals surface area contributed by atoms with Crippen molar-refractivity contribution in [2.45, 2.75) is 36.8 Å². The van der Waals surface area contributed by atoms with E-state index in [2.05, 4.69) is 4.72 Å². The Morgan fingerprint density at radius 1 is 1.24 bits per heavy atom. The Kier molecular flexibility index (Phi) is 2.93. The molecule has 3 aliphatic carbocycles. The number of halogens is 1. The monoisotopic (exact) mass is 311 g/mol. The minimum Gasteiger partial charge on any atom is -0.392 e. The summed E-state index contributed by atoms with van der Waals surface area (Å²) >= 11 is 0. The van der Waals surface area contributed by atoms with Crippen LogP contribution in [-0.2, 0) is 16.6 Å². The van der Waals surface area contributed by atoms with E-state index in [4.69, 9.17) is 5.11 Å². The Morgan fingerprint density at radius 3 is 2.48 bits per heavy atom. The molecular weight excluding hydrogens is 293 g/mol. The zero-order chi connectivity index (χ0) is 14.8. The van der Waals surface area contributed by atoms with Crippen LogP contribution in [0, 0.1) is 29.5 Å². The summed E-state index contributed by atoms with van der Waals surface area (Å²) in [6.45, 7) is -0.305. The third-order valence-electron chi connectivity index (χ3n) is 5.49. The predicted octanol–water partition coefficient (Wildman–Crippen LogP) is 1.64. The highest BCUT2D eigenvalue weighted by molar-refractivity contribution is 7.89. The number of sulfonamides is 1. The maximum Gasteiger partial charge on any atom is 0.243 e. The van der Waals surface area contributed by atoms with Gasteiger partial charge < -0.3 is 5.11 Å². The van der Waals surface area contributed by atoms with E-state index in [-0.39, 0.29) is 17.5 Å². The lowest BCUT2D eigenvalue weighted by molar-refractivity contribution is 0.281. The van der Waals surface area contributed by atoms with Gasteiger partial charge in [-0.3, -0.25) is 0 Å². The zero-order valence-electron chi connectivity index (χ0n) is 11.5. The van der Waals surface area contributed by atoms with Gasteiger partial charge in [-0.05, 0) is 60.6 Å². The van der Waals surface area contributed by atoms with E-state index < -0.39 is 15.8 Å². The summed E-state index contributed by atoms with van der Waals surface area (Å²) in [6.07, 6.45) is 3.67. The van der Waals surface area contributed by atoms with E-state index in [1.807, 2.05) is 0 Å². The minimum atomic E-state index is -3.82. The maximum absolute atomic E-state index is 13.9. The topological polar surface area (TPSA) is 66.4 Å².